The monoisotopic (exact) mass is 407 g/mol. The third-order valence-corrected chi connectivity index (χ3v) is 4.24. The number of nitriles is 1. The zero-order chi connectivity index (χ0) is 22.1. The minimum atomic E-state index is -0.699. The highest BCUT2D eigenvalue weighted by Crippen LogP contribution is 2.23. The number of carbonyl (C=O) groups is 2. The molecule has 6 nitrogen and oxygen atoms in total. The molecule has 0 unspecified atom stereocenters. The van der Waals surface area contributed by atoms with Crippen LogP contribution in [0.5, 0.6) is 11.5 Å². The van der Waals surface area contributed by atoms with Gasteiger partial charge >= 0.3 is 11.9 Å². The lowest BCUT2D eigenvalue weighted by Gasteiger charge is -2.12. The number of aryl methyl sites for hydroxylation is 1. The number of benzene rings is 2. The van der Waals surface area contributed by atoms with Gasteiger partial charge in [0.15, 0.2) is 6.61 Å². The number of nitrogens with zero attached hydrogens (tertiary/aromatic N) is 1. The molecular formula is C24H25NO5. The third kappa shape index (κ3) is 6.49. The quantitative estimate of drug-likeness (QED) is 0.276. The van der Waals surface area contributed by atoms with Gasteiger partial charge in [-0.05, 0) is 66.8 Å². The van der Waals surface area contributed by atoms with Crippen molar-refractivity contribution >= 4 is 18.0 Å². The summed E-state index contributed by atoms with van der Waals surface area (Å²) in [6.45, 7) is 7.84. The molecule has 2 aromatic rings. The first kappa shape index (κ1) is 22.7. The van der Waals surface area contributed by atoms with E-state index in [4.69, 9.17) is 19.5 Å². The van der Waals surface area contributed by atoms with Crippen molar-refractivity contribution in [1.29, 1.82) is 5.26 Å². The van der Waals surface area contributed by atoms with Gasteiger partial charge in [0.2, 0.25) is 0 Å². The van der Waals surface area contributed by atoms with Crippen molar-refractivity contribution in [3.8, 4) is 17.6 Å². The maximum absolute atomic E-state index is 12.1. The fourth-order valence-corrected chi connectivity index (χ4v) is 2.87. The summed E-state index contributed by atoms with van der Waals surface area (Å²) in [5, 5.41) is 9.12. The molecule has 0 atom stereocenters. The van der Waals surface area contributed by atoms with Crippen LogP contribution in [0.2, 0.25) is 0 Å². The van der Waals surface area contributed by atoms with Crippen LogP contribution in [0.25, 0.3) is 6.08 Å². The highest BCUT2D eigenvalue weighted by Gasteiger charge is 2.11. The number of hydrogen-bond acceptors (Lipinski definition) is 6. The van der Waals surface area contributed by atoms with Crippen LogP contribution >= 0.6 is 0 Å². The van der Waals surface area contributed by atoms with Crippen molar-refractivity contribution in [2.75, 3.05) is 13.2 Å². The molecule has 156 valence electrons. The first-order valence-corrected chi connectivity index (χ1v) is 9.67. The Morgan fingerprint density at radius 2 is 1.90 bits per heavy atom. The molecule has 0 bridgehead atoms. The maximum atomic E-state index is 12.1. The zero-order valence-electron chi connectivity index (χ0n) is 17.6. The van der Waals surface area contributed by atoms with Crippen LogP contribution in [0.3, 0.4) is 0 Å². The summed E-state index contributed by atoms with van der Waals surface area (Å²) in [4.78, 5) is 23.9. The zero-order valence-corrected chi connectivity index (χ0v) is 17.6. The Labute approximate surface area is 176 Å². The van der Waals surface area contributed by atoms with Gasteiger partial charge in [-0.3, -0.25) is 0 Å². The SMILES string of the molecule is CCOC(=O)/C(C#N)=C/c1cccc(OC(=O)COc2ccc(C(C)C)c(C)c2)c1. The van der Waals surface area contributed by atoms with Crippen LogP contribution in [0.1, 0.15) is 43.4 Å². The summed E-state index contributed by atoms with van der Waals surface area (Å²) >= 11 is 0. The minimum Gasteiger partial charge on any atom is -0.482 e. The molecule has 6 heteroatoms. The van der Waals surface area contributed by atoms with Crippen LogP contribution in [-0.4, -0.2) is 25.2 Å². The van der Waals surface area contributed by atoms with Gasteiger partial charge < -0.3 is 14.2 Å². The summed E-state index contributed by atoms with van der Waals surface area (Å²) in [5.41, 5.74) is 2.73. The van der Waals surface area contributed by atoms with Gasteiger partial charge in [-0.25, -0.2) is 9.59 Å². The van der Waals surface area contributed by atoms with Gasteiger partial charge in [-0.1, -0.05) is 32.0 Å². The molecular weight excluding hydrogens is 382 g/mol. The first-order valence-electron chi connectivity index (χ1n) is 9.67. The minimum absolute atomic E-state index is 0.135. The van der Waals surface area contributed by atoms with Crippen molar-refractivity contribution in [2.24, 2.45) is 0 Å². The smallest absolute Gasteiger partial charge is 0.349 e. The Morgan fingerprint density at radius 1 is 1.13 bits per heavy atom. The van der Waals surface area contributed by atoms with Gasteiger partial charge in [-0.15, -0.1) is 0 Å². The summed E-state index contributed by atoms with van der Waals surface area (Å²) in [6, 6.07) is 14.0. The molecule has 2 aromatic carbocycles. The van der Waals surface area contributed by atoms with Gasteiger partial charge in [0, 0.05) is 0 Å². The van der Waals surface area contributed by atoms with E-state index in [1.165, 1.54) is 11.6 Å². The molecule has 0 N–H and O–H groups in total. The fraction of sp³-hybridized carbons (Fsp3) is 0.292. The summed E-state index contributed by atoms with van der Waals surface area (Å²) in [5.74, 6) is 0.0291. The molecule has 0 saturated heterocycles. The molecule has 30 heavy (non-hydrogen) atoms. The van der Waals surface area contributed by atoms with Crippen molar-refractivity contribution in [3.63, 3.8) is 0 Å². The van der Waals surface area contributed by atoms with Crippen LogP contribution in [0, 0.1) is 18.3 Å². The van der Waals surface area contributed by atoms with E-state index in [1.807, 2.05) is 31.2 Å². The van der Waals surface area contributed by atoms with Gasteiger partial charge in [0.1, 0.15) is 23.1 Å². The fourth-order valence-electron chi connectivity index (χ4n) is 2.87. The van der Waals surface area contributed by atoms with E-state index in [9.17, 15) is 9.59 Å². The molecule has 0 spiro atoms. The summed E-state index contributed by atoms with van der Waals surface area (Å²) in [7, 11) is 0. The predicted molar refractivity (Wildman–Crippen MR) is 113 cm³/mol. The lowest BCUT2D eigenvalue weighted by Crippen LogP contribution is -2.17. The van der Waals surface area contributed by atoms with Crippen LogP contribution in [0.4, 0.5) is 0 Å². The Morgan fingerprint density at radius 3 is 2.53 bits per heavy atom. The van der Waals surface area contributed by atoms with Gasteiger partial charge in [-0.2, -0.15) is 5.26 Å². The second-order valence-corrected chi connectivity index (χ2v) is 6.90. The van der Waals surface area contributed by atoms with Crippen molar-refractivity contribution < 1.29 is 23.8 Å². The summed E-state index contributed by atoms with van der Waals surface area (Å²) < 4.78 is 15.7. The molecule has 2 rings (SSSR count). The normalized spacial score (nSPS) is 11.0. The van der Waals surface area contributed by atoms with Crippen molar-refractivity contribution in [2.45, 2.75) is 33.6 Å². The third-order valence-electron chi connectivity index (χ3n) is 4.24. The Hall–Kier alpha value is -3.59. The van der Waals surface area contributed by atoms with E-state index in [1.54, 1.807) is 31.2 Å². The average molecular weight is 407 g/mol. The van der Waals surface area contributed by atoms with E-state index < -0.39 is 11.9 Å². The molecule has 0 saturated carbocycles. The molecule has 0 radical (unpaired) electrons. The molecule has 0 aliphatic heterocycles. The van der Waals surface area contributed by atoms with Crippen molar-refractivity contribution in [3.05, 3.63) is 64.7 Å². The molecule has 0 amide bonds. The molecule has 0 fully saturated rings. The second-order valence-electron chi connectivity index (χ2n) is 6.90. The molecule has 0 aliphatic carbocycles. The van der Waals surface area contributed by atoms with Crippen LogP contribution in [0.15, 0.2) is 48.0 Å². The average Bonchev–Trinajstić information content (AvgIpc) is 2.70. The van der Waals surface area contributed by atoms with E-state index in [2.05, 4.69) is 13.8 Å². The number of esters is 2. The topological polar surface area (TPSA) is 85.6 Å². The van der Waals surface area contributed by atoms with E-state index >= 15 is 0 Å². The Kier molecular flexibility index (Phi) is 8.18. The van der Waals surface area contributed by atoms with Gasteiger partial charge in [0.05, 0.1) is 6.61 Å². The summed E-state index contributed by atoms with van der Waals surface area (Å²) in [6.07, 6.45) is 1.38. The Balaban J connectivity index is 2.01. The van der Waals surface area contributed by atoms with Crippen LogP contribution in [-0.2, 0) is 14.3 Å². The number of hydrogen-bond donors (Lipinski definition) is 0. The number of rotatable bonds is 8. The van der Waals surface area contributed by atoms with E-state index in [-0.39, 0.29) is 24.5 Å². The molecule has 0 aromatic heterocycles. The lowest BCUT2D eigenvalue weighted by atomic mass is 9.98. The highest BCUT2D eigenvalue weighted by molar-refractivity contribution is 5.97. The second kappa shape index (κ2) is 10.8. The lowest BCUT2D eigenvalue weighted by molar-refractivity contribution is -0.138. The van der Waals surface area contributed by atoms with E-state index in [0.717, 1.165) is 5.56 Å². The van der Waals surface area contributed by atoms with Gasteiger partial charge in [0.25, 0.3) is 0 Å². The maximum Gasteiger partial charge on any atom is 0.349 e. The number of carbonyl (C=O) groups excluding carboxylic acids is 2. The molecule has 0 heterocycles. The van der Waals surface area contributed by atoms with E-state index in [0.29, 0.717) is 17.2 Å². The van der Waals surface area contributed by atoms with Crippen molar-refractivity contribution in [1.82, 2.24) is 0 Å². The highest BCUT2D eigenvalue weighted by atomic mass is 16.6. The standard InChI is InChI=1S/C24H25NO5/c1-5-28-24(27)19(14-25)12-18-7-6-8-21(13-18)30-23(26)15-29-20-9-10-22(16(2)3)17(4)11-20/h6-13,16H,5,15H2,1-4H3/b19-12+. The largest absolute Gasteiger partial charge is 0.482 e. The first-order chi connectivity index (χ1) is 14.3. The number of ether oxygens (including phenoxy) is 3. The molecule has 0 aliphatic rings. The Bertz CT molecular complexity index is 985. The van der Waals surface area contributed by atoms with Crippen LogP contribution < -0.4 is 9.47 Å². The predicted octanol–water partition coefficient (Wildman–Crippen LogP) is 4.57.